The van der Waals surface area contributed by atoms with Crippen molar-refractivity contribution in [1.29, 1.82) is 0 Å². The molecule has 3 rings (SSSR count). The Morgan fingerprint density at radius 2 is 1.96 bits per heavy atom. The lowest BCUT2D eigenvalue weighted by Crippen LogP contribution is -2.28. The first-order valence-electron chi connectivity index (χ1n) is 8.55. The maximum absolute atomic E-state index is 13.5. The van der Waals surface area contributed by atoms with E-state index in [1.54, 1.807) is 0 Å². The molecule has 1 aromatic heterocycles. The zero-order valence-corrected chi connectivity index (χ0v) is 14.9. The van der Waals surface area contributed by atoms with Crippen LogP contribution in [-0.4, -0.2) is 38.0 Å². The van der Waals surface area contributed by atoms with E-state index in [4.69, 9.17) is 5.73 Å². The maximum Gasteiger partial charge on any atom is 0.269 e. The monoisotopic (exact) mass is 388 g/mol. The number of hydrogen-bond acceptors (Lipinski definition) is 5. The third-order valence-corrected chi connectivity index (χ3v) is 4.33. The summed E-state index contributed by atoms with van der Waals surface area (Å²) in [7, 11) is 0. The summed E-state index contributed by atoms with van der Waals surface area (Å²) in [5.41, 5.74) is 6.00. The van der Waals surface area contributed by atoms with Crippen LogP contribution in [0.2, 0.25) is 0 Å². The molecule has 10 heteroatoms. The Labute approximate surface area is 159 Å². The van der Waals surface area contributed by atoms with Gasteiger partial charge in [0.05, 0.1) is 12.2 Å². The molecule has 2 N–H and O–H groups in total. The van der Waals surface area contributed by atoms with E-state index in [0.717, 1.165) is 6.07 Å². The van der Waals surface area contributed by atoms with Gasteiger partial charge in [0.1, 0.15) is 17.3 Å². The quantitative estimate of drug-likeness (QED) is 0.732. The van der Waals surface area contributed by atoms with Crippen LogP contribution in [0.25, 0.3) is 0 Å². The Morgan fingerprint density at radius 1 is 1.25 bits per heavy atom. The highest BCUT2D eigenvalue weighted by molar-refractivity contribution is 5.94. The maximum atomic E-state index is 13.5. The van der Waals surface area contributed by atoms with Crippen LogP contribution < -0.4 is 5.73 Å². The standard InChI is InChI=1S/C18H18F2N6O2/c1-11(3-2-6-25-16(17(21)27)10-22-24-25)18(28)26-15(4-5-23-26)12-7-13(19)9-14(20)8-12/h5,7-10,15H,1-4,6H2,(H2,21,27). The van der Waals surface area contributed by atoms with E-state index in [1.165, 1.54) is 34.2 Å². The van der Waals surface area contributed by atoms with Gasteiger partial charge in [-0.2, -0.15) is 5.10 Å². The first-order valence-corrected chi connectivity index (χ1v) is 8.55. The number of hydrogen-bond donors (Lipinski definition) is 1. The topological polar surface area (TPSA) is 106 Å². The van der Waals surface area contributed by atoms with E-state index in [9.17, 15) is 18.4 Å². The van der Waals surface area contributed by atoms with E-state index in [-0.39, 0.29) is 11.3 Å². The first kappa shape index (κ1) is 19.3. The molecule has 0 saturated heterocycles. The second-order valence-electron chi connectivity index (χ2n) is 6.32. The summed E-state index contributed by atoms with van der Waals surface area (Å²) in [6.45, 7) is 4.11. The number of hydrazone groups is 1. The molecule has 1 aliphatic heterocycles. The van der Waals surface area contributed by atoms with Crippen LogP contribution in [0.4, 0.5) is 8.78 Å². The molecule has 146 valence electrons. The van der Waals surface area contributed by atoms with E-state index in [1.807, 2.05) is 0 Å². The summed E-state index contributed by atoms with van der Waals surface area (Å²) in [6, 6.07) is 2.55. The molecule has 2 amide bonds. The third kappa shape index (κ3) is 4.11. The molecular formula is C18H18F2N6O2. The highest BCUT2D eigenvalue weighted by Crippen LogP contribution is 2.30. The van der Waals surface area contributed by atoms with Gasteiger partial charge < -0.3 is 5.73 Å². The van der Waals surface area contributed by atoms with Crippen LogP contribution in [0.5, 0.6) is 0 Å². The molecular weight excluding hydrogens is 370 g/mol. The van der Waals surface area contributed by atoms with Crippen molar-refractivity contribution >= 4 is 18.0 Å². The Bertz CT molecular complexity index is 935. The minimum absolute atomic E-state index is 0.175. The number of aryl methyl sites for hydroxylation is 1. The average molecular weight is 388 g/mol. The van der Waals surface area contributed by atoms with Gasteiger partial charge in [-0.05, 0) is 30.5 Å². The van der Waals surface area contributed by atoms with Crippen molar-refractivity contribution < 1.29 is 18.4 Å². The number of aromatic nitrogens is 3. The molecule has 2 aromatic rings. The normalized spacial score (nSPS) is 15.8. The number of halogens is 2. The molecule has 0 spiro atoms. The largest absolute Gasteiger partial charge is 0.364 e. The molecule has 8 nitrogen and oxygen atoms in total. The van der Waals surface area contributed by atoms with Crippen molar-refractivity contribution in [3.63, 3.8) is 0 Å². The van der Waals surface area contributed by atoms with Crippen molar-refractivity contribution in [2.45, 2.75) is 31.8 Å². The van der Waals surface area contributed by atoms with Crippen LogP contribution in [0.15, 0.2) is 41.6 Å². The second kappa shape index (κ2) is 8.07. The molecule has 0 bridgehead atoms. The lowest BCUT2D eigenvalue weighted by Gasteiger charge is -2.23. The molecule has 1 aromatic carbocycles. The molecule has 1 aliphatic rings. The second-order valence-corrected chi connectivity index (χ2v) is 6.32. The third-order valence-electron chi connectivity index (χ3n) is 4.33. The summed E-state index contributed by atoms with van der Waals surface area (Å²) >= 11 is 0. The van der Waals surface area contributed by atoms with Gasteiger partial charge in [-0.3, -0.25) is 9.59 Å². The number of amides is 2. The molecule has 28 heavy (non-hydrogen) atoms. The predicted molar refractivity (Wildman–Crippen MR) is 96.0 cm³/mol. The van der Waals surface area contributed by atoms with Gasteiger partial charge in [0.25, 0.3) is 11.8 Å². The van der Waals surface area contributed by atoms with E-state index in [0.29, 0.717) is 31.4 Å². The highest BCUT2D eigenvalue weighted by atomic mass is 19.1. The molecule has 0 aliphatic carbocycles. The van der Waals surface area contributed by atoms with Gasteiger partial charge in [-0.1, -0.05) is 11.8 Å². The average Bonchev–Trinajstić information content (AvgIpc) is 3.29. The van der Waals surface area contributed by atoms with Gasteiger partial charge in [0, 0.05) is 30.8 Å². The number of benzene rings is 1. The van der Waals surface area contributed by atoms with Gasteiger partial charge in [-0.25, -0.2) is 18.5 Å². The Morgan fingerprint density at radius 3 is 2.64 bits per heavy atom. The molecule has 1 atom stereocenters. The molecule has 0 saturated carbocycles. The van der Waals surface area contributed by atoms with Crippen molar-refractivity contribution in [3.05, 3.63) is 59.4 Å². The number of carbonyl (C=O) groups excluding carboxylic acids is 2. The van der Waals surface area contributed by atoms with Crippen LogP contribution in [0.3, 0.4) is 0 Å². The number of primary amides is 1. The van der Waals surface area contributed by atoms with Gasteiger partial charge >= 0.3 is 0 Å². The van der Waals surface area contributed by atoms with E-state index in [2.05, 4.69) is 22.0 Å². The van der Waals surface area contributed by atoms with E-state index >= 15 is 0 Å². The molecule has 1 unspecified atom stereocenters. The Balaban J connectivity index is 1.62. The van der Waals surface area contributed by atoms with Gasteiger partial charge in [0.15, 0.2) is 0 Å². The van der Waals surface area contributed by atoms with Crippen LogP contribution in [0.1, 0.15) is 41.4 Å². The summed E-state index contributed by atoms with van der Waals surface area (Å²) < 4.78 is 28.4. The summed E-state index contributed by atoms with van der Waals surface area (Å²) in [6.07, 6.45) is 3.91. The zero-order valence-electron chi connectivity index (χ0n) is 14.9. The fourth-order valence-electron chi connectivity index (χ4n) is 2.98. The summed E-state index contributed by atoms with van der Waals surface area (Å²) in [4.78, 5) is 23.9. The van der Waals surface area contributed by atoms with Crippen LogP contribution in [0, 0.1) is 11.6 Å². The van der Waals surface area contributed by atoms with Gasteiger partial charge in [0.2, 0.25) is 0 Å². The minimum Gasteiger partial charge on any atom is -0.364 e. The first-order chi connectivity index (χ1) is 13.4. The summed E-state index contributed by atoms with van der Waals surface area (Å²) in [5.74, 6) is -2.51. The molecule has 0 fully saturated rings. The van der Waals surface area contributed by atoms with Crippen molar-refractivity contribution in [1.82, 2.24) is 20.0 Å². The number of rotatable bonds is 7. The van der Waals surface area contributed by atoms with Crippen LogP contribution in [-0.2, 0) is 11.3 Å². The smallest absolute Gasteiger partial charge is 0.269 e. The Hall–Kier alpha value is -3.43. The van der Waals surface area contributed by atoms with Crippen molar-refractivity contribution in [2.75, 3.05) is 0 Å². The summed E-state index contributed by atoms with van der Waals surface area (Å²) in [5, 5.41) is 12.6. The van der Waals surface area contributed by atoms with Gasteiger partial charge in [-0.15, -0.1) is 5.10 Å². The number of nitrogens with two attached hydrogens (primary N) is 1. The zero-order chi connectivity index (χ0) is 20.3. The molecule has 0 radical (unpaired) electrons. The highest BCUT2D eigenvalue weighted by Gasteiger charge is 2.30. The van der Waals surface area contributed by atoms with Crippen molar-refractivity contribution in [3.8, 4) is 0 Å². The lowest BCUT2D eigenvalue weighted by molar-refractivity contribution is -0.129. The van der Waals surface area contributed by atoms with Crippen LogP contribution >= 0.6 is 0 Å². The fourth-order valence-corrected chi connectivity index (χ4v) is 2.98. The minimum atomic E-state index is -0.716. The number of carbonyl (C=O) groups is 2. The number of nitrogens with zero attached hydrogens (tertiary/aromatic N) is 5. The SMILES string of the molecule is C=C(CCCn1nncc1C(N)=O)C(=O)N1N=CCC1c1cc(F)cc(F)c1. The van der Waals surface area contributed by atoms with E-state index < -0.39 is 29.5 Å². The predicted octanol–water partition coefficient (Wildman–Crippen LogP) is 1.95. The van der Waals surface area contributed by atoms with Crippen molar-refractivity contribution in [2.24, 2.45) is 10.8 Å². The Kier molecular flexibility index (Phi) is 5.57. The fraction of sp³-hybridized carbons (Fsp3) is 0.278. The lowest BCUT2D eigenvalue weighted by atomic mass is 10.0. The molecule has 2 heterocycles.